The summed E-state index contributed by atoms with van der Waals surface area (Å²) in [7, 11) is 0. The molecule has 53 heavy (non-hydrogen) atoms. The summed E-state index contributed by atoms with van der Waals surface area (Å²) in [5.41, 5.74) is 11.9. The van der Waals surface area contributed by atoms with Crippen molar-refractivity contribution in [1.29, 1.82) is 0 Å². The Kier molecular flexibility index (Phi) is 5.06. The maximum atomic E-state index is 5.28. The van der Waals surface area contributed by atoms with Crippen molar-refractivity contribution >= 4 is 109 Å². The number of para-hydroxylation sites is 5. The summed E-state index contributed by atoms with van der Waals surface area (Å²) in [4.78, 5) is 10.5. The Morgan fingerprint density at radius 3 is 1.70 bits per heavy atom. The van der Waals surface area contributed by atoms with Crippen molar-refractivity contribution in [2.24, 2.45) is 0 Å². The number of hydrogen-bond acceptors (Lipinski definition) is 2. The van der Waals surface area contributed by atoms with Crippen LogP contribution in [0.25, 0.3) is 115 Å². The second-order valence-electron chi connectivity index (χ2n) is 14.2. The third-order valence-electron chi connectivity index (χ3n) is 11.5. The van der Waals surface area contributed by atoms with Crippen molar-refractivity contribution in [3.8, 4) is 5.69 Å². The van der Waals surface area contributed by atoms with Crippen LogP contribution in [0.2, 0.25) is 0 Å². The average Bonchev–Trinajstić information content (AvgIpc) is 3.91. The zero-order valence-electron chi connectivity index (χ0n) is 28.3. The normalized spacial score (nSPS) is 12.5. The van der Waals surface area contributed by atoms with Gasteiger partial charge in [0.05, 0.1) is 44.1 Å². The summed E-state index contributed by atoms with van der Waals surface area (Å²) >= 11 is 0. The van der Waals surface area contributed by atoms with Crippen LogP contribution in [-0.4, -0.2) is 23.3 Å². The first-order chi connectivity index (χ1) is 26.3. The van der Waals surface area contributed by atoms with Crippen LogP contribution < -0.4 is 0 Å². The lowest BCUT2D eigenvalue weighted by Crippen LogP contribution is -1.98. The van der Waals surface area contributed by atoms with Crippen LogP contribution in [0.5, 0.6) is 0 Å². The number of rotatable bonds is 1. The molecular formula is C48H27N5. The van der Waals surface area contributed by atoms with E-state index in [1.165, 1.54) is 48.6 Å². The summed E-state index contributed by atoms with van der Waals surface area (Å²) in [6, 6.07) is 59.4. The van der Waals surface area contributed by atoms with Gasteiger partial charge in [-0.25, -0.2) is 9.97 Å². The van der Waals surface area contributed by atoms with E-state index in [9.17, 15) is 0 Å². The first kappa shape index (κ1) is 27.5. The second-order valence-corrected chi connectivity index (χ2v) is 14.2. The van der Waals surface area contributed by atoms with E-state index in [0.717, 1.165) is 66.4 Å². The molecule has 0 aliphatic carbocycles. The summed E-state index contributed by atoms with van der Waals surface area (Å²) in [5.74, 6) is 0. The standard InChI is InChI=1S/C48H27N5/c1-2-12-30-28(11-1)21-23-34-37-26-36-32-14-5-8-18-41(32)52-42-19-9-6-16-39(42)50-48(52)38(36)27-45(37)51(46(30)34)29-22-24-33-31-13-3-4-15-35(31)47-49-40-17-7-10-20-43(40)53(47)44(33)25-29/h1-27H. The number of imidazole rings is 2. The van der Waals surface area contributed by atoms with E-state index in [-0.39, 0.29) is 0 Å². The number of hydrogen-bond donors (Lipinski definition) is 0. The lowest BCUT2D eigenvalue weighted by atomic mass is 10.0. The van der Waals surface area contributed by atoms with Crippen LogP contribution in [0.15, 0.2) is 164 Å². The first-order valence-corrected chi connectivity index (χ1v) is 18.1. The fourth-order valence-electron chi connectivity index (χ4n) is 9.28. The van der Waals surface area contributed by atoms with E-state index in [0.29, 0.717) is 0 Å². The van der Waals surface area contributed by atoms with Crippen molar-refractivity contribution in [3.05, 3.63) is 164 Å². The van der Waals surface area contributed by atoms with Crippen LogP contribution >= 0.6 is 0 Å². The quantitative estimate of drug-likeness (QED) is 0.163. The van der Waals surface area contributed by atoms with Gasteiger partial charge in [-0.1, -0.05) is 109 Å². The Morgan fingerprint density at radius 2 is 0.906 bits per heavy atom. The molecule has 5 heteroatoms. The largest absolute Gasteiger partial charge is 0.309 e. The molecule has 0 bridgehead atoms. The van der Waals surface area contributed by atoms with Gasteiger partial charge >= 0.3 is 0 Å². The van der Waals surface area contributed by atoms with Gasteiger partial charge in [0.2, 0.25) is 0 Å². The van der Waals surface area contributed by atoms with Gasteiger partial charge in [-0.2, -0.15) is 0 Å². The van der Waals surface area contributed by atoms with Crippen molar-refractivity contribution in [2.45, 2.75) is 0 Å². The Morgan fingerprint density at radius 1 is 0.321 bits per heavy atom. The van der Waals surface area contributed by atoms with E-state index >= 15 is 0 Å². The van der Waals surface area contributed by atoms with E-state index in [1.54, 1.807) is 0 Å². The van der Waals surface area contributed by atoms with Crippen LogP contribution in [0.1, 0.15) is 0 Å². The molecular weight excluding hydrogens is 647 g/mol. The summed E-state index contributed by atoms with van der Waals surface area (Å²) in [6.07, 6.45) is 0. The van der Waals surface area contributed by atoms with E-state index in [1.807, 2.05) is 0 Å². The third kappa shape index (κ3) is 3.46. The molecule has 13 aromatic rings. The van der Waals surface area contributed by atoms with Gasteiger partial charge in [0.15, 0.2) is 0 Å². The molecule has 0 saturated heterocycles. The molecule has 5 nitrogen and oxygen atoms in total. The maximum Gasteiger partial charge on any atom is 0.146 e. The van der Waals surface area contributed by atoms with Gasteiger partial charge < -0.3 is 4.57 Å². The minimum Gasteiger partial charge on any atom is -0.309 e. The molecule has 244 valence electrons. The zero-order chi connectivity index (χ0) is 34.4. The second kappa shape index (κ2) is 9.75. The fraction of sp³-hybridized carbons (Fsp3) is 0. The number of aromatic nitrogens is 5. The summed E-state index contributed by atoms with van der Waals surface area (Å²) < 4.78 is 7.17. The van der Waals surface area contributed by atoms with Gasteiger partial charge in [-0.3, -0.25) is 8.80 Å². The molecule has 0 radical (unpaired) electrons. The summed E-state index contributed by atoms with van der Waals surface area (Å²) in [6.45, 7) is 0. The predicted octanol–water partition coefficient (Wildman–Crippen LogP) is 12.2. The van der Waals surface area contributed by atoms with Crippen molar-refractivity contribution in [2.75, 3.05) is 0 Å². The molecule has 0 fully saturated rings. The number of pyridine rings is 2. The molecule has 0 amide bonds. The Bertz CT molecular complexity index is 3750. The molecule has 0 aliphatic rings. The van der Waals surface area contributed by atoms with Crippen LogP contribution in [-0.2, 0) is 0 Å². The van der Waals surface area contributed by atoms with Crippen molar-refractivity contribution in [3.63, 3.8) is 0 Å². The molecule has 0 saturated carbocycles. The molecule has 13 rings (SSSR count). The topological polar surface area (TPSA) is 39.5 Å². The highest BCUT2D eigenvalue weighted by atomic mass is 15.0. The molecule has 0 aliphatic heterocycles. The smallest absolute Gasteiger partial charge is 0.146 e. The SMILES string of the molecule is c1ccc2c(c1)ccc1c3cc4c5ccccc5n5c6ccccc6nc5c4cc3n(-c3ccc4c5ccccc5c5nc6ccccc6n5c4c3)c21. The molecule has 5 heterocycles. The third-order valence-corrected chi connectivity index (χ3v) is 11.5. The van der Waals surface area contributed by atoms with Crippen molar-refractivity contribution < 1.29 is 0 Å². The molecule has 0 unspecified atom stereocenters. The maximum absolute atomic E-state index is 5.28. The number of fused-ring (bicyclic) bond motifs is 21. The van der Waals surface area contributed by atoms with Gasteiger partial charge in [-0.05, 0) is 70.8 Å². The summed E-state index contributed by atoms with van der Waals surface area (Å²) in [5, 5.41) is 12.0. The van der Waals surface area contributed by atoms with Gasteiger partial charge in [0.25, 0.3) is 0 Å². The first-order valence-electron chi connectivity index (χ1n) is 18.1. The van der Waals surface area contributed by atoms with Crippen LogP contribution in [0.4, 0.5) is 0 Å². The highest BCUT2D eigenvalue weighted by Gasteiger charge is 2.21. The Labute approximate surface area is 301 Å². The molecule has 0 N–H and O–H groups in total. The highest BCUT2D eigenvalue weighted by Crippen LogP contribution is 2.42. The number of nitrogens with zero attached hydrogens (tertiary/aromatic N) is 5. The van der Waals surface area contributed by atoms with E-state index < -0.39 is 0 Å². The van der Waals surface area contributed by atoms with Gasteiger partial charge in [0, 0.05) is 43.4 Å². The van der Waals surface area contributed by atoms with Crippen molar-refractivity contribution in [1.82, 2.24) is 23.3 Å². The molecule has 0 spiro atoms. The molecule has 0 atom stereocenters. The van der Waals surface area contributed by atoms with E-state index in [2.05, 4.69) is 177 Å². The van der Waals surface area contributed by atoms with E-state index in [4.69, 9.17) is 9.97 Å². The predicted molar refractivity (Wildman–Crippen MR) is 221 cm³/mol. The fourth-order valence-corrected chi connectivity index (χ4v) is 9.28. The minimum absolute atomic E-state index is 0.972. The Hall–Kier alpha value is -7.24. The van der Waals surface area contributed by atoms with Crippen LogP contribution in [0.3, 0.4) is 0 Å². The average molecular weight is 674 g/mol. The minimum atomic E-state index is 0.972. The van der Waals surface area contributed by atoms with Gasteiger partial charge in [-0.15, -0.1) is 0 Å². The zero-order valence-corrected chi connectivity index (χ0v) is 28.3. The monoisotopic (exact) mass is 673 g/mol. The molecule has 8 aromatic carbocycles. The lowest BCUT2D eigenvalue weighted by molar-refractivity contribution is 1.19. The Balaban J connectivity index is 1.25. The lowest BCUT2D eigenvalue weighted by Gasteiger charge is -2.14. The van der Waals surface area contributed by atoms with Crippen LogP contribution in [0, 0.1) is 0 Å². The van der Waals surface area contributed by atoms with Gasteiger partial charge in [0.1, 0.15) is 11.3 Å². The highest BCUT2D eigenvalue weighted by molar-refractivity contribution is 6.25. The number of benzene rings is 8. The molecule has 5 aromatic heterocycles.